The molecular formula is C21H20F3N5S. The van der Waals surface area contributed by atoms with E-state index in [9.17, 15) is 13.2 Å². The van der Waals surface area contributed by atoms with E-state index in [1.807, 2.05) is 41.2 Å². The second-order valence-electron chi connectivity index (χ2n) is 6.86. The van der Waals surface area contributed by atoms with Crippen LogP contribution in [0.3, 0.4) is 0 Å². The van der Waals surface area contributed by atoms with E-state index in [2.05, 4.69) is 15.3 Å². The highest BCUT2D eigenvalue weighted by molar-refractivity contribution is 8.00. The third kappa shape index (κ3) is 3.94. The Kier molecular flexibility index (Phi) is 5.80. The molecule has 9 heteroatoms. The zero-order chi connectivity index (χ0) is 21.3. The summed E-state index contributed by atoms with van der Waals surface area (Å²) >= 11 is 1.59. The van der Waals surface area contributed by atoms with E-state index in [1.165, 1.54) is 6.07 Å². The van der Waals surface area contributed by atoms with Gasteiger partial charge in [0.1, 0.15) is 11.5 Å². The van der Waals surface area contributed by atoms with E-state index in [1.54, 1.807) is 30.3 Å². The number of benzene rings is 2. The maximum atomic E-state index is 14.9. The summed E-state index contributed by atoms with van der Waals surface area (Å²) in [4.78, 5) is 0. The predicted octanol–water partition coefficient (Wildman–Crippen LogP) is 5.20. The maximum absolute atomic E-state index is 14.9. The van der Waals surface area contributed by atoms with Crippen LogP contribution < -0.4 is 4.31 Å². The Labute approximate surface area is 176 Å². The zero-order valence-electron chi connectivity index (χ0n) is 16.5. The third-order valence-corrected chi connectivity index (χ3v) is 5.79. The van der Waals surface area contributed by atoms with Crippen molar-refractivity contribution in [3.05, 3.63) is 59.5 Å². The van der Waals surface area contributed by atoms with E-state index < -0.39 is 12.2 Å². The molecule has 0 saturated carbocycles. The molecule has 0 N–H and O–H groups in total. The Morgan fingerprint density at radius 1 is 1.20 bits per heavy atom. The van der Waals surface area contributed by atoms with Gasteiger partial charge in [0, 0.05) is 35.7 Å². The molecule has 0 bridgehead atoms. The highest BCUT2D eigenvalue weighted by Gasteiger charge is 2.23. The van der Waals surface area contributed by atoms with Crippen LogP contribution in [-0.2, 0) is 13.6 Å². The first-order chi connectivity index (χ1) is 14.5. The standard InChI is InChI=1S/C21H20F3N5S/c1-3-30-29(19-6-4-5-14-11-25-28(2)20(14)19)12-15-8-7-13(9-16(15)22)17-10-18(21(23)24)27-26-17/h4-9,11,21H,3,10,12H2,1-2H3. The number of nitrogens with zero attached hydrogens (tertiary/aromatic N) is 5. The Morgan fingerprint density at radius 2 is 2.03 bits per heavy atom. The van der Waals surface area contributed by atoms with Gasteiger partial charge in [-0.3, -0.25) is 4.68 Å². The second kappa shape index (κ2) is 8.51. The molecule has 1 aliphatic heterocycles. The SMILES string of the molecule is CCSN(Cc1ccc(C2=NN=C(C(F)F)C2)cc1F)c1cccc2cnn(C)c12. The lowest BCUT2D eigenvalue weighted by Crippen LogP contribution is -2.17. The van der Waals surface area contributed by atoms with Crippen molar-refractivity contribution in [1.29, 1.82) is 0 Å². The van der Waals surface area contributed by atoms with Crippen molar-refractivity contribution in [2.75, 3.05) is 10.1 Å². The minimum atomic E-state index is -2.65. The monoisotopic (exact) mass is 431 g/mol. The van der Waals surface area contributed by atoms with E-state index in [0.717, 1.165) is 22.3 Å². The fourth-order valence-corrected chi connectivity index (χ4v) is 4.26. The van der Waals surface area contributed by atoms with Crippen molar-refractivity contribution in [2.24, 2.45) is 17.3 Å². The van der Waals surface area contributed by atoms with Crippen molar-refractivity contribution in [3.8, 4) is 0 Å². The largest absolute Gasteiger partial charge is 0.310 e. The number of aromatic nitrogens is 2. The lowest BCUT2D eigenvalue weighted by Gasteiger charge is -2.24. The van der Waals surface area contributed by atoms with Gasteiger partial charge in [-0.2, -0.15) is 15.3 Å². The van der Waals surface area contributed by atoms with Crippen LogP contribution >= 0.6 is 11.9 Å². The predicted molar refractivity (Wildman–Crippen MR) is 116 cm³/mol. The van der Waals surface area contributed by atoms with Crippen LogP contribution in [0.25, 0.3) is 10.9 Å². The minimum absolute atomic E-state index is 0.0588. The first kappa shape index (κ1) is 20.5. The summed E-state index contributed by atoms with van der Waals surface area (Å²) < 4.78 is 44.3. The summed E-state index contributed by atoms with van der Waals surface area (Å²) in [5.41, 5.74) is 2.98. The van der Waals surface area contributed by atoms with Gasteiger partial charge in [-0.05, 0) is 24.1 Å². The average molecular weight is 431 g/mol. The van der Waals surface area contributed by atoms with Crippen molar-refractivity contribution in [3.63, 3.8) is 0 Å². The summed E-state index contributed by atoms with van der Waals surface area (Å²) in [5.74, 6) is 0.415. The highest BCUT2D eigenvalue weighted by Crippen LogP contribution is 2.32. The van der Waals surface area contributed by atoms with E-state index in [4.69, 9.17) is 0 Å². The minimum Gasteiger partial charge on any atom is -0.310 e. The van der Waals surface area contributed by atoms with Gasteiger partial charge in [-0.25, -0.2) is 13.2 Å². The molecule has 1 aliphatic rings. The van der Waals surface area contributed by atoms with Crippen LogP contribution in [0, 0.1) is 5.82 Å². The molecule has 4 rings (SSSR count). The van der Waals surface area contributed by atoms with Gasteiger partial charge in [0.25, 0.3) is 6.43 Å². The smallest absolute Gasteiger partial charge is 0.278 e. The zero-order valence-corrected chi connectivity index (χ0v) is 17.3. The topological polar surface area (TPSA) is 45.8 Å². The van der Waals surface area contributed by atoms with E-state index in [0.29, 0.717) is 23.4 Å². The Balaban J connectivity index is 1.60. The molecule has 0 saturated heterocycles. The number of para-hydroxylation sites is 1. The van der Waals surface area contributed by atoms with E-state index >= 15 is 0 Å². The number of alkyl halides is 2. The first-order valence-corrected chi connectivity index (χ1v) is 10.4. The molecule has 0 spiro atoms. The van der Waals surface area contributed by atoms with Gasteiger partial charge in [0.05, 0.1) is 29.7 Å². The molecule has 0 radical (unpaired) electrons. The number of fused-ring (bicyclic) bond motifs is 1. The number of aryl methyl sites for hydroxylation is 1. The van der Waals surface area contributed by atoms with Gasteiger partial charge >= 0.3 is 0 Å². The van der Waals surface area contributed by atoms with Gasteiger partial charge in [-0.15, -0.1) is 0 Å². The third-order valence-electron chi connectivity index (χ3n) is 4.89. The van der Waals surface area contributed by atoms with Gasteiger partial charge in [-0.1, -0.05) is 31.2 Å². The molecule has 2 heterocycles. The van der Waals surface area contributed by atoms with Crippen molar-refractivity contribution >= 4 is 40.0 Å². The fraction of sp³-hybridized carbons (Fsp3) is 0.286. The molecule has 3 aromatic rings. The molecule has 1 aromatic heterocycles. The number of anilines is 1. The lowest BCUT2D eigenvalue weighted by molar-refractivity contribution is 0.224. The van der Waals surface area contributed by atoms with E-state index in [-0.39, 0.29) is 12.1 Å². The van der Waals surface area contributed by atoms with Crippen molar-refractivity contribution < 1.29 is 13.2 Å². The van der Waals surface area contributed by atoms with Crippen LogP contribution in [0.4, 0.5) is 18.9 Å². The molecule has 0 aliphatic carbocycles. The summed E-state index contributed by atoms with van der Waals surface area (Å²) in [6.07, 6.45) is -0.901. The molecule has 0 fully saturated rings. The van der Waals surface area contributed by atoms with Crippen LogP contribution in [-0.4, -0.2) is 33.4 Å². The number of rotatable bonds is 7. The van der Waals surface area contributed by atoms with Crippen molar-refractivity contribution in [1.82, 2.24) is 9.78 Å². The molecular weight excluding hydrogens is 411 g/mol. The Morgan fingerprint density at radius 3 is 2.73 bits per heavy atom. The second-order valence-corrected chi connectivity index (χ2v) is 8.14. The molecule has 30 heavy (non-hydrogen) atoms. The highest BCUT2D eigenvalue weighted by atomic mass is 32.2. The van der Waals surface area contributed by atoms with Gasteiger partial charge in [0.2, 0.25) is 0 Å². The van der Waals surface area contributed by atoms with Crippen LogP contribution in [0.2, 0.25) is 0 Å². The van der Waals surface area contributed by atoms with Gasteiger partial charge < -0.3 is 4.31 Å². The molecule has 0 amide bonds. The van der Waals surface area contributed by atoms with Crippen LogP contribution in [0.15, 0.2) is 52.8 Å². The average Bonchev–Trinajstić information content (AvgIpc) is 3.37. The number of hydrogen-bond donors (Lipinski definition) is 0. The molecule has 0 unspecified atom stereocenters. The summed E-state index contributed by atoms with van der Waals surface area (Å²) in [6, 6.07) is 10.7. The first-order valence-electron chi connectivity index (χ1n) is 9.49. The molecule has 0 atom stereocenters. The van der Waals surface area contributed by atoms with Crippen molar-refractivity contribution in [2.45, 2.75) is 26.3 Å². The van der Waals surface area contributed by atoms with Crippen LogP contribution in [0.5, 0.6) is 0 Å². The Hall–Kier alpha value is -2.81. The molecule has 156 valence electrons. The molecule has 2 aromatic carbocycles. The summed E-state index contributed by atoms with van der Waals surface area (Å²) in [7, 11) is 1.88. The summed E-state index contributed by atoms with van der Waals surface area (Å²) in [6.45, 7) is 2.39. The number of halogens is 3. The van der Waals surface area contributed by atoms with Gasteiger partial charge in [0.15, 0.2) is 0 Å². The Bertz CT molecular complexity index is 1140. The quantitative estimate of drug-likeness (QED) is 0.483. The molecule has 5 nitrogen and oxygen atoms in total. The summed E-state index contributed by atoms with van der Waals surface area (Å²) in [5, 5.41) is 12.6. The maximum Gasteiger partial charge on any atom is 0.278 e. The lowest BCUT2D eigenvalue weighted by atomic mass is 10.0. The normalized spacial score (nSPS) is 13.8. The van der Waals surface area contributed by atoms with Crippen LogP contribution in [0.1, 0.15) is 24.5 Å². The number of hydrogen-bond acceptors (Lipinski definition) is 5. The fourth-order valence-electron chi connectivity index (χ4n) is 3.43.